The SMILES string of the molecule is Cc1cc2c(NC(=O)NCCCc3ccccc3)cccc2[nH]1. The minimum Gasteiger partial charge on any atom is -0.359 e. The summed E-state index contributed by atoms with van der Waals surface area (Å²) in [6.07, 6.45) is 1.89. The Morgan fingerprint density at radius 3 is 2.74 bits per heavy atom. The van der Waals surface area contributed by atoms with Gasteiger partial charge in [0.25, 0.3) is 0 Å². The summed E-state index contributed by atoms with van der Waals surface area (Å²) in [7, 11) is 0. The molecule has 3 rings (SSSR count). The molecular formula is C19H21N3O. The summed E-state index contributed by atoms with van der Waals surface area (Å²) in [5, 5.41) is 6.87. The summed E-state index contributed by atoms with van der Waals surface area (Å²) in [4.78, 5) is 15.3. The van der Waals surface area contributed by atoms with E-state index in [0.717, 1.165) is 35.1 Å². The van der Waals surface area contributed by atoms with Gasteiger partial charge in [-0.15, -0.1) is 0 Å². The highest BCUT2D eigenvalue weighted by Gasteiger charge is 2.06. The van der Waals surface area contributed by atoms with Crippen LogP contribution in [0.5, 0.6) is 0 Å². The average Bonchev–Trinajstić information content (AvgIpc) is 2.94. The van der Waals surface area contributed by atoms with E-state index in [0.29, 0.717) is 6.54 Å². The molecule has 118 valence electrons. The maximum absolute atomic E-state index is 12.0. The first-order valence-corrected chi connectivity index (χ1v) is 7.89. The molecule has 0 spiro atoms. The number of fused-ring (bicyclic) bond motifs is 1. The number of amides is 2. The number of urea groups is 1. The molecule has 0 saturated carbocycles. The van der Waals surface area contributed by atoms with Crippen LogP contribution in [0.3, 0.4) is 0 Å². The van der Waals surface area contributed by atoms with Crippen molar-refractivity contribution in [3.8, 4) is 0 Å². The number of aromatic nitrogens is 1. The fourth-order valence-corrected chi connectivity index (χ4v) is 2.71. The molecule has 0 aliphatic carbocycles. The number of H-pyrrole nitrogens is 1. The third-order valence-corrected chi connectivity index (χ3v) is 3.82. The average molecular weight is 307 g/mol. The van der Waals surface area contributed by atoms with Gasteiger partial charge < -0.3 is 15.6 Å². The minimum absolute atomic E-state index is 0.163. The van der Waals surface area contributed by atoms with Crippen LogP contribution in [-0.4, -0.2) is 17.6 Å². The molecule has 3 N–H and O–H groups in total. The van der Waals surface area contributed by atoms with Gasteiger partial charge in [0.05, 0.1) is 5.69 Å². The third-order valence-electron chi connectivity index (χ3n) is 3.82. The summed E-state index contributed by atoms with van der Waals surface area (Å²) in [6, 6.07) is 18.0. The van der Waals surface area contributed by atoms with E-state index in [1.54, 1.807) is 0 Å². The van der Waals surface area contributed by atoms with Crippen molar-refractivity contribution >= 4 is 22.6 Å². The Morgan fingerprint density at radius 2 is 1.91 bits per heavy atom. The number of anilines is 1. The van der Waals surface area contributed by atoms with Crippen molar-refractivity contribution < 1.29 is 4.79 Å². The molecule has 0 radical (unpaired) electrons. The molecule has 0 bridgehead atoms. The zero-order valence-corrected chi connectivity index (χ0v) is 13.2. The second-order valence-corrected chi connectivity index (χ2v) is 5.69. The third kappa shape index (κ3) is 3.92. The topological polar surface area (TPSA) is 56.9 Å². The number of hydrogen-bond donors (Lipinski definition) is 3. The van der Waals surface area contributed by atoms with Gasteiger partial charge in [0.1, 0.15) is 0 Å². The molecule has 2 aromatic carbocycles. The van der Waals surface area contributed by atoms with Gasteiger partial charge in [0, 0.05) is 23.1 Å². The van der Waals surface area contributed by atoms with Crippen LogP contribution in [0.15, 0.2) is 54.6 Å². The number of aromatic amines is 1. The maximum Gasteiger partial charge on any atom is 0.319 e. The van der Waals surface area contributed by atoms with Crippen LogP contribution in [-0.2, 0) is 6.42 Å². The van der Waals surface area contributed by atoms with Crippen LogP contribution < -0.4 is 10.6 Å². The van der Waals surface area contributed by atoms with Crippen LogP contribution in [0.25, 0.3) is 10.9 Å². The number of nitrogens with one attached hydrogen (secondary N) is 3. The molecule has 0 saturated heterocycles. The lowest BCUT2D eigenvalue weighted by Gasteiger charge is -2.08. The Bertz CT molecular complexity index is 793. The lowest BCUT2D eigenvalue weighted by molar-refractivity contribution is 0.252. The molecule has 0 atom stereocenters. The number of carbonyl (C=O) groups is 1. The van der Waals surface area contributed by atoms with Crippen molar-refractivity contribution in [3.05, 3.63) is 65.9 Å². The largest absolute Gasteiger partial charge is 0.359 e. The van der Waals surface area contributed by atoms with E-state index in [1.807, 2.05) is 49.4 Å². The zero-order valence-electron chi connectivity index (χ0n) is 13.2. The van der Waals surface area contributed by atoms with Gasteiger partial charge in [0.15, 0.2) is 0 Å². The highest BCUT2D eigenvalue weighted by Crippen LogP contribution is 2.23. The monoisotopic (exact) mass is 307 g/mol. The first kappa shape index (κ1) is 15.2. The number of carbonyl (C=O) groups excluding carboxylic acids is 1. The van der Waals surface area contributed by atoms with E-state index >= 15 is 0 Å². The molecule has 0 unspecified atom stereocenters. The predicted octanol–water partition coefficient (Wildman–Crippen LogP) is 4.23. The molecule has 0 fully saturated rings. The lowest BCUT2D eigenvalue weighted by atomic mass is 10.1. The molecule has 1 aromatic heterocycles. The van der Waals surface area contributed by atoms with Gasteiger partial charge in [-0.25, -0.2) is 4.79 Å². The Kier molecular flexibility index (Phi) is 4.62. The van der Waals surface area contributed by atoms with Crippen LogP contribution >= 0.6 is 0 Å². The normalized spacial score (nSPS) is 10.7. The standard InChI is InChI=1S/C19H21N3O/c1-14-13-16-17(21-14)10-5-11-18(16)22-19(23)20-12-6-9-15-7-3-2-4-8-15/h2-5,7-8,10-11,13,21H,6,9,12H2,1H3,(H2,20,22,23). The van der Waals surface area contributed by atoms with Gasteiger partial charge in [-0.3, -0.25) is 0 Å². The molecule has 2 amide bonds. The van der Waals surface area contributed by atoms with E-state index in [1.165, 1.54) is 5.56 Å². The highest BCUT2D eigenvalue weighted by molar-refractivity contribution is 6.00. The van der Waals surface area contributed by atoms with Gasteiger partial charge >= 0.3 is 6.03 Å². The molecule has 23 heavy (non-hydrogen) atoms. The van der Waals surface area contributed by atoms with E-state index in [9.17, 15) is 4.79 Å². The number of benzene rings is 2. The van der Waals surface area contributed by atoms with Gasteiger partial charge in [-0.05, 0) is 43.5 Å². The minimum atomic E-state index is -0.163. The summed E-state index contributed by atoms with van der Waals surface area (Å²) in [5.74, 6) is 0. The predicted molar refractivity (Wildman–Crippen MR) is 94.8 cm³/mol. The van der Waals surface area contributed by atoms with Gasteiger partial charge in [-0.1, -0.05) is 36.4 Å². The van der Waals surface area contributed by atoms with E-state index < -0.39 is 0 Å². The van der Waals surface area contributed by atoms with Crippen molar-refractivity contribution in [2.75, 3.05) is 11.9 Å². The molecule has 0 aliphatic rings. The Balaban J connectivity index is 1.51. The Hall–Kier alpha value is -2.75. The van der Waals surface area contributed by atoms with Crippen LogP contribution in [0.1, 0.15) is 17.7 Å². The van der Waals surface area contributed by atoms with E-state index in [-0.39, 0.29) is 6.03 Å². The fraction of sp³-hybridized carbons (Fsp3) is 0.211. The number of aryl methyl sites for hydroxylation is 2. The Morgan fingerprint density at radius 1 is 1.09 bits per heavy atom. The van der Waals surface area contributed by atoms with Gasteiger partial charge in [-0.2, -0.15) is 0 Å². The molecule has 3 aromatic rings. The smallest absolute Gasteiger partial charge is 0.319 e. The van der Waals surface area contributed by atoms with Crippen molar-refractivity contribution in [2.24, 2.45) is 0 Å². The molecule has 4 heteroatoms. The molecule has 0 aliphatic heterocycles. The van der Waals surface area contributed by atoms with Gasteiger partial charge in [0.2, 0.25) is 0 Å². The first-order valence-electron chi connectivity index (χ1n) is 7.89. The van der Waals surface area contributed by atoms with Crippen molar-refractivity contribution in [3.63, 3.8) is 0 Å². The summed E-state index contributed by atoms with van der Waals surface area (Å²) >= 11 is 0. The lowest BCUT2D eigenvalue weighted by Crippen LogP contribution is -2.29. The van der Waals surface area contributed by atoms with Crippen molar-refractivity contribution in [2.45, 2.75) is 19.8 Å². The van der Waals surface area contributed by atoms with Crippen molar-refractivity contribution in [1.82, 2.24) is 10.3 Å². The van der Waals surface area contributed by atoms with Crippen molar-refractivity contribution in [1.29, 1.82) is 0 Å². The quantitative estimate of drug-likeness (QED) is 0.607. The summed E-state index contributed by atoms with van der Waals surface area (Å²) in [5.41, 5.74) is 4.23. The van der Waals surface area contributed by atoms with E-state index in [4.69, 9.17) is 0 Å². The number of hydrogen-bond acceptors (Lipinski definition) is 1. The summed E-state index contributed by atoms with van der Waals surface area (Å²) < 4.78 is 0. The van der Waals surface area contributed by atoms with Crippen LogP contribution in [0.4, 0.5) is 10.5 Å². The molecular weight excluding hydrogens is 286 g/mol. The first-order chi connectivity index (χ1) is 11.2. The second kappa shape index (κ2) is 7.01. The van der Waals surface area contributed by atoms with Crippen LogP contribution in [0, 0.1) is 6.92 Å². The zero-order chi connectivity index (χ0) is 16.1. The fourth-order valence-electron chi connectivity index (χ4n) is 2.71. The highest BCUT2D eigenvalue weighted by atomic mass is 16.2. The summed E-state index contributed by atoms with van der Waals surface area (Å²) in [6.45, 7) is 2.66. The number of rotatable bonds is 5. The Labute approximate surface area is 135 Å². The second-order valence-electron chi connectivity index (χ2n) is 5.69. The van der Waals surface area contributed by atoms with Crippen LogP contribution in [0.2, 0.25) is 0 Å². The molecule has 1 heterocycles. The molecule has 4 nitrogen and oxygen atoms in total. The van der Waals surface area contributed by atoms with E-state index in [2.05, 4.69) is 27.8 Å². The maximum atomic E-state index is 12.0.